The Balaban J connectivity index is 1.67. The first-order valence-electron chi connectivity index (χ1n) is 6.89. The van der Waals surface area contributed by atoms with Crippen LogP contribution >= 0.6 is 11.6 Å². The minimum absolute atomic E-state index is 0.111. The molecule has 10 heteroatoms. The van der Waals surface area contributed by atoms with Crippen LogP contribution in [-0.2, 0) is 10.0 Å². The number of benzene rings is 1. The number of hydrogen-bond donors (Lipinski definition) is 0. The number of halogens is 1. The molecule has 0 N–H and O–H groups in total. The highest BCUT2D eigenvalue weighted by Crippen LogP contribution is 2.26. The maximum atomic E-state index is 12.4. The molecule has 0 unspecified atom stereocenters. The molecule has 3 rings (SSSR count). The summed E-state index contributed by atoms with van der Waals surface area (Å²) in [6, 6.07) is 8.19. The summed E-state index contributed by atoms with van der Waals surface area (Å²) in [4.78, 5) is 14.0. The molecule has 0 bridgehead atoms. The van der Waals surface area contributed by atoms with Crippen LogP contribution in [0, 0.1) is 10.1 Å². The van der Waals surface area contributed by atoms with E-state index in [1.165, 1.54) is 28.7 Å². The second kappa shape index (κ2) is 6.34. The highest BCUT2D eigenvalue weighted by molar-refractivity contribution is 7.89. The molecule has 0 spiro atoms. The molecule has 8 nitrogen and oxygen atoms in total. The lowest BCUT2D eigenvalue weighted by molar-refractivity contribution is -0.385. The standard InChI is InChI=1S/C14H12ClN3O5S/c15-10-4-5-14(16-7-10)23-12-8-17(9-12)24(21,22)13-3-1-2-11(6-13)18(19)20/h1-7,12H,8-9H2. The van der Waals surface area contributed by atoms with Crippen LogP contribution in [0.2, 0.25) is 5.02 Å². The number of sulfonamides is 1. The third-order valence-corrected chi connectivity index (χ3v) is 5.52. The number of non-ortho nitro benzene ring substituents is 1. The van der Waals surface area contributed by atoms with E-state index in [0.29, 0.717) is 10.9 Å². The smallest absolute Gasteiger partial charge is 0.270 e. The van der Waals surface area contributed by atoms with Gasteiger partial charge in [0.25, 0.3) is 5.69 Å². The molecule has 2 heterocycles. The molecule has 0 atom stereocenters. The summed E-state index contributed by atoms with van der Waals surface area (Å²) in [5, 5.41) is 11.3. The van der Waals surface area contributed by atoms with Gasteiger partial charge in [-0.05, 0) is 12.1 Å². The van der Waals surface area contributed by atoms with Gasteiger partial charge in [-0.15, -0.1) is 0 Å². The van der Waals surface area contributed by atoms with Crippen LogP contribution in [0.4, 0.5) is 5.69 Å². The van der Waals surface area contributed by atoms with E-state index in [-0.39, 0.29) is 29.8 Å². The fourth-order valence-electron chi connectivity index (χ4n) is 2.18. The zero-order chi connectivity index (χ0) is 17.3. The van der Waals surface area contributed by atoms with Crippen molar-refractivity contribution in [2.24, 2.45) is 0 Å². The Morgan fingerprint density at radius 3 is 2.67 bits per heavy atom. The summed E-state index contributed by atoms with van der Waals surface area (Å²) >= 11 is 5.73. The first-order valence-corrected chi connectivity index (χ1v) is 8.71. The van der Waals surface area contributed by atoms with Crippen molar-refractivity contribution in [1.82, 2.24) is 9.29 Å². The topological polar surface area (TPSA) is 103 Å². The summed E-state index contributed by atoms with van der Waals surface area (Å²) in [6.45, 7) is 0.296. The van der Waals surface area contributed by atoms with E-state index < -0.39 is 14.9 Å². The normalized spacial score (nSPS) is 15.7. The molecule has 1 aliphatic rings. The molecule has 1 aromatic carbocycles. The summed E-state index contributed by atoms with van der Waals surface area (Å²) in [5.74, 6) is 0.358. The zero-order valence-electron chi connectivity index (χ0n) is 12.2. The van der Waals surface area contributed by atoms with E-state index >= 15 is 0 Å². The lowest BCUT2D eigenvalue weighted by atomic mass is 10.2. The van der Waals surface area contributed by atoms with Crippen LogP contribution in [0.1, 0.15) is 0 Å². The van der Waals surface area contributed by atoms with Crippen LogP contribution < -0.4 is 4.74 Å². The van der Waals surface area contributed by atoms with Gasteiger partial charge >= 0.3 is 0 Å². The van der Waals surface area contributed by atoms with Crippen molar-refractivity contribution in [3.63, 3.8) is 0 Å². The molecule has 0 saturated carbocycles. The zero-order valence-corrected chi connectivity index (χ0v) is 13.8. The Labute approximate surface area is 142 Å². The van der Waals surface area contributed by atoms with Crippen LogP contribution in [0.15, 0.2) is 47.5 Å². The lowest BCUT2D eigenvalue weighted by Gasteiger charge is -2.37. The molecule has 0 amide bonds. The molecule has 2 aromatic rings. The summed E-state index contributed by atoms with van der Waals surface area (Å²) in [7, 11) is -3.78. The molecule has 24 heavy (non-hydrogen) atoms. The van der Waals surface area contributed by atoms with Crippen LogP contribution in [0.5, 0.6) is 5.88 Å². The molecule has 0 radical (unpaired) electrons. The molecule has 1 fully saturated rings. The summed E-state index contributed by atoms with van der Waals surface area (Å²) in [5.41, 5.74) is -0.269. The van der Waals surface area contributed by atoms with Crippen LogP contribution in [-0.4, -0.2) is 41.8 Å². The molecule has 126 valence electrons. The highest BCUT2D eigenvalue weighted by Gasteiger charge is 2.38. The molecule has 0 aliphatic carbocycles. The number of hydrogen-bond acceptors (Lipinski definition) is 6. The molecule has 1 saturated heterocycles. The van der Waals surface area contributed by atoms with Crippen LogP contribution in [0.3, 0.4) is 0 Å². The average molecular weight is 370 g/mol. The lowest BCUT2D eigenvalue weighted by Crippen LogP contribution is -2.56. The van der Waals surface area contributed by atoms with Crippen molar-refractivity contribution in [3.05, 3.63) is 57.7 Å². The van der Waals surface area contributed by atoms with Gasteiger partial charge in [0.15, 0.2) is 0 Å². The Hall–Kier alpha value is -2.23. The highest BCUT2D eigenvalue weighted by atomic mass is 35.5. The number of aromatic nitrogens is 1. The quantitative estimate of drug-likeness (QED) is 0.590. The van der Waals surface area contributed by atoms with Gasteiger partial charge in [0, 0.05) is 24.4 Å². The van der Waals surface area contributed by atoms with E-state index in [9.17, 15) is 18.5 Å². The van der Waals surface area contributed by atoms with Gasteiger partial charge < -0.3 is 4.74 Å². The summed E-state index contributed by atoms with van der Waals surface area (Å²) in [6.07, 6.45) is 1.11. The minimum atomic E-state index is -3.78. The number of rotatable bonds is 5. The SMILES string of the molecule is O=[N+]([O-])c1cccc(S(=O)(=O)N2CC(Oc3ccc(Cl)cn3)C2)c1. The van der Waals surface area contributed by atoms with Gasteiger partial charge in [0.05, 0.1) is 27.9 Å². The first kappa shape index (κ1) is 16.6. The van der Waals surface area contributed by atoms with Crippen molar-refractivity contribution in [3.8, 4) is 5.88 Å². The van der Waals surface area contributed by atoms with Gasteiger partial charge in [-0.1, -0.05) is 17.7 Å². The fourth-order valence-corrected chi connectivity index (χ4v) is 3.84. The molecular weight excluding hydrogens is 358 g/mol. The third kappa shape index (κ3) is 3.32. The number of pyridine rings is 1. The number of nitro groups is 1. The molecule has 1 aromatic heterocycles. The maximum Gasteiger partial charge on any atom is 0.270 e. The average Bonchev–Trinajstić information content (AvgIpc) is 2.52. The van der Waals surface area contributed by atoms with E-state index in [4.69, 9.17) is 16.3 Å². The predicted octanol–water partition coefficient (Wildman–Crippen LogP) is 2.10. The molecular formula is C14H12ClN3O5S. The second-order valence-corrected chi connectivity index (χ2v) is 7.51. The van der Waals surface area contributed by atoms with Crippen LogP contribution in [0.25, 0.3) is 0 Å². The van der Waals surface area contributed by atoms with E-state index in [1.54, 1.807) is 12.1 Å². The second-order valence-electron chi connectivity index (χ2n) is 5.13. The Morgan fingerprint density at radius 1 is 1.29 bits per heavy atom. The number of nitrogens with zero attached hydrogens (tertiary/aromatic N) is 3. The van der Waals surface area contributed by atoms with Crippen molar-refractivity contribution in [2.75, 3.05) is 13.1 Å². The molecule has 1 aliphatic heterocycles. The van der Waals surface area contributed by atoms with E-state index in [2.05, 4.69) is 4.98 Å². The minimum Gasteiger partial charge on any atom is -0.472 e. The monoisotopic (exact) mass is 369 g/mol. The Kier molecular flexibility index (Phi) is 4.39. The fraction of sp³-hybridized carbons (Fsp3) is 0.214. The predicted molar refractivity (Wildman–Crippen MR) is 85.5 cm³/mol. The summed E-state index contributed by atoms with van der Waals surface area (Å²) < 4.78 is 31.6. The van der Waals surface area contributed by atoms with Crippen molar-refractivity contribution in [2.45, 2.75) is 11.0 Å². The third-order valence-electron chi connectivity index (χ3n) is 3.47. The maximum absolute atomic E-state index is 12.4. The Bertz CT molecular complexity index is 866. The number of nitro benzene ring substituents is 1. The van der Waals surface area contributed by atoms with Crippen molar-refractivity contribution < 1.29 is 18.1 Å². The van der Waals surface area contributed by atoms with E-state index in [0.717, 1.165) is 6.07 Å². The first-order chi connectivity index (χ1) is 11.4. The van der Waals surface area contributed by atoms with Crippen molar-refractivity contribution in [1.29, 1.82) is 0 Å². The van der Waals surface area contributed by atoms with E-state index in [1.807, 2.05) is 0 Å². The Morgan fingerprint density at radius 2 is 2.04 bits per heavy atom. The van der Waals surface area contributed by atoms with Gasteiger partial charge in [0.2, 0.25) is 15.9 Å². The largest absolute Gasteiger partial charge is 0.472 e. The van der Waals surface area contributed by atoms with Gasteiger partial charge in [-0.2, -0.15) is 4.31 Å². The van der Waals surface area contributed by atoms with Gasteiger partial charge in [-0.3, -0.25) is 10.1 Å². The van der Waals surface area contributed by atoms with Gasteiger partial charge in [-0.25, -0.2) is 13.4 Å². The van der Waals surface area contributed by atoms with Crippen molar-refractivity contribution >= 4 is 27.3 Å². The number of ether oxygens (including phenoxy) is 1. The van der Waals surface area contributed by atoms with Gasteiger partial charge in [0.1, 0.15) is 6.10 Å².